The van der Waals surface area contributed by atoms with Gasteiger partial charge in [-0.05, 0) is 35.7 Å². The number of hydrogen-bond donors (Lipinski definition) is 1. The Labute approximate surface area is 142 Å². The number of anilines is 1. The van der Waals surface area contributed by atoms with E-state index in [1.54, 1.807) is 6.20 Å². The van der Waals surface area contributed by atoms with Gasteiger partial charge in [-0.1, -0.05) is 56.7 Å². The molecule has 0 saturated carbocycles. The molecular weight excluding hydrogens is 296 g/mol. The maximum absolute atomic E-state index is 13.0. The molecule has 0 spiro atoms. The molecular formula is C21H22N2O. The van der Waals surface area contributed by atoms with E-state index in [4.69, 9.17) is 0 Å². The highest BCUT2D eigenvalue weighted by Crippen LogP contribution is 2.30. The first-order valence-electron chi connectivity index (χ1n) is 8.40. The van der Waals surface area contributed by atoms with Crippen molar-refractivity contribution in [2.24, 2.45) is 5.92 Å². The molecule has 122 valence electrons. The van der Waals surface area contributed by atoms with Gasteiger partial charge in [0.25, 0.3) is 0 Å². The highest BCUT2D eigenvalue weighted by Gasteiger charge is 2.26. The summed E-state index contributed by atoms with van der Waals surface area (Å²) < 4.78 is 0. The van der Waals surface area contributed by atoms with Crippen molar-refractivity contribution in [2.45, 2.75) is 26.2 Å². The zero-order valence-corrected chi connectivity index (χ0v) is 14.1. The zero-order chi connectivity index (χ0) is 16.9. The molecule has 1 N–H and O–H groups in total. The molecule has 1 amide bonds. The Morgan fingerprint density at radius 3 is 2.58 bits per heavy atom. The number of hydrogen-bond acceptors (Lipinski definition) is 2. The van der Waals surface area contributed by atoms with Gasteiger partial charge < -0.3 is 5.32 Å². The minimum Gasteiger partial charge on any atom is -0.325 e. The normalized spacial score (nSPS) is 13.4. The van der Waals surface area contributed by atoms with E-state index >= 15 is 0 Å². The van der Waals surface area contributed by atoms with Gasteiger partial charge in [0, 0.05) is 11.6 Å². The second-order valence-electron chi connectivity index (χ2n) is 6.14. The average molecular weight is 318 g/mol. The number of rotatable bonds is 5. The Hall–Kier alpha value is -2.68. The molecule has 0 aliphatic carbocycles. The molecule has 0 fully saturated rings. The number of carbonyl (C=O) groups is 1. The first-order chi connectivity index (χ1) is 11.7. The minimum atomic E-state index is -0.164. The minimum absolute atomic E-state index is 0.0342. The second-order valence-corrected chi connectivity index (χ2v) is 6.14. The molecule has 0 radical (unpaired) electrons. The number of amides is 1. The van der Waals surface area contributed by atoms with E-state index in [2.05, 4.69) is 24.1 Å². The highest BCUT2D eigenvalue weighted by molar-refractivity contribution is 6.03. The third kappa shape index (κ3) is 3.30. The van der Waals surface area contributed by atoms with Crippen molar-refractivity contribution in [3.05, 3.63) is 72.4 Å². The molecule has 24 heavy (non-hydrogen) atoms. The molecule has 1 heterocycles. The summed E-state index contributed by atoms with van der Waals surface area (Å²) in [6.07, 6.45) is 2.71. The summed E-state index contributed by atoms with van der Waals surface area (Å²) in [5.74, 6) is 0.135. The van der Waals surface area contributed by atoms with E-state index in [0.717, 1.165) is 28.6 Å². The zero-order valence-electron chi connectivity index (χ0n) is 14.1. The predicted molar refractivity (Wildman–Crippen MR) is 99.0 cm³/mol. The van der Waals surface area contributed by atoms with E-state index in [9.17, 15) is 4.79 Å². The molecule has 2 unspecified atom stereocenters. The number of aromatic nitrogens is 1. The summed E-state index contributed by atoms with van der Waals surface area (Å²) >= 11 is 0. The van der Waals surface area contributed by atoms with Gasteiger partial charge in [0.05, 0.1) is 17.1 Å². The van der Waals surface area contributed by atoms with Crippen LogP contribution in [0.25, 0.3) is 10.9 Å². The molecule has 0 bridgehead atoms. The van der Waals surface area contributed by atoms with E-state index in [1.165, 1.54) is 0 Å². The predicted octanol–water partition coefficient (Wildman–Crippen LogP) is 5.00. The average Bonchev–Trinajstić information content (AvgIpc) is 2.63. The fourth-order valence-corrected chi connectivity index (χ4v) is 3.06. The van der Waals surface area contributed by atoms with Crippen molar-refractivity contribution in [1.29, 1.82) is 0 Å². The maximum Gasteiger partial charge on any atom is 0.232 e. The van der Waals surface area contributed by atoms with Crippen LogP contribution in [0.3, 0.4) is 0 Å². The quantitative estimate of drug-likeness (QED) is 0.719. The first-order valence-corrected chi connectivity index (χ1v) is 8.40. The topological polar surface area (TPSA) is 42.0 Å². The van der Waals surface area contributed by atoms with Crippen LogP contribution >= 0.6 is 0 Å². The molecule has 0 saturated heterocycles. The van der Waals surface area contributed by atoms with E-state index in [-0.39, 0.29) is 17.7 Å². The van der Waals surface area contributed by atoms with Crippen molar-refractivity contribution >= 4 is 22.5 Å². The van der Waals surface area contributed by atoms with Crippen molar-refractivity contribution < 1.29 is 4.79 Å². The fourth-order valence-electron chi connectivity index (χ4n) is 3.06. The largest absolute Gasteiger partial charge is 0.325 e. The Kier molecular flexibility index (Phi) is 4.90. The van der Waals surface area contributed by atoms with Crippen molar-refractivity contribution in [1.82, 2.24) is 4.98 Å². The van der Waals surface area contributed by atoms with Crippen molar-refractivity contribution in [3.8, 4) is 0 Å². The van der Waals surface area contributed by atoms with Gasteiger partial charge in [-0.2, -0.15) is 0 Å². The van der Waals surface area contributed by atoms with Crippen LogP contribution in [0, 0.1) is 5.92 Å². The first kappa shape index (κ1) is 16.2. The lowest BCUT2D eigenvalue weighted by Crippen LogP contribution is -2.26. The Morgan fingerprint density at radius 2 is 1.83 bits per heavy atom. The molecule has 2 aromatic carbocycles. The lowest BCUT2D eigenvalue weighted by Gasteiger charge is -2.23. The summed E-state index contributed by atoms with van der Waals surface area (Å²) in [7, 11) is 0. The number of nitrogens with one attached hydrogen (secondary N) is 1. The molecule has 3 heteroatoms. The SMILES string of the molecule is CCC(C)C(C(=O)Nc1cccc2ncccc12)c1ccccc1. The number of benzene rings is 2. The standard InChI is InChI=1S/C21H22N2O/c1-3-15(2)20(16-9-5-4-6-10-16)21(24)23-19-13-7-12-18-17(19)11-8-14-22-18/h4-15,20H,3H2,1-2H3,(H,23,24). The third-order valence-electron chi connectivity index (χ3n) is 4.56. The smallest absolute Gasteiger partial charge is 0.232 e. The van der Waals surface area contributed by atoms with E-state index in [1.807, 2.05) is 60.7 Å². The Bertz CT molecular complexity index is 824. The van der Waals surface area contributed by atoms with Gasteiger partial charge >= 0.3 is 0 Å². The lowest BCUT2D eigenvalue weighted by atomic mass is 9.85. The lowest BCUT2D eigenvalue weighted by molar-refractivity contribution is -0.118. The third-order valence-corrected chi connectivity index (χ3v) is 4.56. The molecule has 3 aromatic rings. The summed E-state index contributed by atoms with van der Waals surface area (Å²) in [6, 6.07) is 19.7. The van der Waals surface area contributed by atoms with Gasteiger partial charge in [0.1, 0.15) is 0 Å². The number of pyridine rings is 1. The van der Waals surface area contributed by atoms with Crippen LogP contribution < -0.4 is 5.32 Å². The Morgan fingerprint density at radius 1 is 1.04 bits per heavy atom. The van der Waals surface area contributed by atoms with Crippen molar-refractivity contribution in [2.75, 3.05) is 5.32 Å². The molecule has 3 rings (SSSR count). The van der Waals surface area contributed by atoms with Crippen LogP contribution in [0.5, 0.6) is 0 Å². The fraction of sp³-hybridized carbons (Fsp3) is 0.238. The number of fused-ring (bicyclic) bond motifs is 1. The van der Waals surface area contributed by atoms with E-state index < -0.39 is 0 Å². The van der Waals surface area contributed by atoms with Crippen LogP contribution in [-0.4, -0.2) is 10.9 Å². The summed E-state index contributed by atoms with van der Waals surface area (Å²) in [5, 5.41) is 4.08. The highest BCUT2D eigenvalue weighted by atomic mass is 16.1. The van der Waals surface area contributed by atoms with Crippen molar-refractivity contribution in [3.63, 3.8) is 0 Å². The van der Waals surface area contributed by atoms with Crippen LogP contribution in [0.4, 0.5) is 5.69 Å². The molecule has 3 nitrogen and oxygen atoms in total. The van der Waals surface area contributed by atoms with E-state index in [0.29, 0.717) is 0 Å². The second kappa shape index (κ2) is 7.26. The van der Waals surface area contributed by atoms with Gasteiger partial charge in [-0.25, -0.2) is 0 Å². The number of nitrogens with zero attached hydrogens (tertiary/aromatic N) is 1. The monoisotopic (exact) mass is 318 g/mol. The van der Waals surface area contributed by atoms with Gasteiger partial charge in [0.2, 0.25) is 5.91 Å². The molecule has 2 atom stereocenters. The van der Waals surface area contributed by atoms with Crippen LogP contribution in [0.1, 0.15) is 31.7 Å². The van der Waals surface area contributed by atoms with Crippen LogP contribution in [-0.2, 0) is 4.79 Å². The maximum atomic E-state index is 13.0. The summed E-state index contributed by atoms with van der Waals surface area (Å²) in [6.45, 7) is 4.25. The van der Waals surface area contributed by atoms with Gasteiger partial charge in [-0.3, -0.25) is 9.78 Å². The molecule has 0 aliphatic heterocycles. The van der Waals surface area contributed by atoms with Crippen LogP contribution in [0.15, 0.2) is 66.9 Å². The van der Waals surface area contributed by atoms with Gasteiger partial charge in [0.15, 0.2) is 0 Å². The summed E-state index contributed by atoms with van der Waals surface area (Å²) in [4.78, 5) is 17.4. The molecule has 1 aromatic heterocycles. The molecule has 0 aliphatic rings. The Balaban J connectivity index is 1.93. The van der Waals surface area contributed by atoms with Crippen LogP contribution in [0.2, 0.25) is 0 Å². The van der Waals surface area contributed by atoms with Gasteiger partial charge in [-0.15, -0.1) is 0 Å². The number of carbonyl (C=O) groups excluding carboxylic acids is 1. The summed E-state index contributed by atoms with van der Waals surface area (Å²) in [5.41, 5.74) is 2.76.